The van der Waals surface area contributed by atoms with Crippen molar-refractivity contribution in [3.05, 3.63) is 57.6 Å². The van der Waals surface area contributed by atoms with Crippen LogP contribution in [0, 0.1) is 20.8 Å². The number of rotatable bonds is 5. The molecule has 1 N–H and O–H groups in total. The Morgan fingerprint density at radius 1 is 1.11 bits per heavy atom. The molecule has 3 aromatic rings. The summed E-state index contributed by atoms with van der Waals surface area (Å²) < 4.78 is 2.79. The molecule has 7 heteroatoms. The molecule has 0 atom stereocenters. The summed E-state index contributed by atoms with van der Waals surface area (Å²) in [7, 11) is 1.91. The minimum absolute atomic E-state index is 0.0798. The fraction of sp³-hybridized carbons (Fsp3) is 0.250. The molecule has 5 nitrogen and oxygen atoms in total. The lowest BCUT2D eigenvalue weighted by atomic mass is 10.1. The number of benzene rings is 2. The fourth-order valence-electron chi connectivity index (χ4n) is 2.59. The molecule has 27 heavy (non-hydrogen) atoms. The molecule has 0 saturated heterocycles. The van der Waals surface area contributed by atoms with Crippen LogP contribution < -0.4 is 5.32 Å². The second-order valence-corrected chi connectivity index (χ2v) is 8.28. The lowest BCUT2D eigenvalue weighted by Crippen LogP contribution is -2.15. The third-order valence-electron chi connectivity index (χ3n) is 4.33. The second-order valence-electron chi connectivity index (χ2n) is 6.48. The molecule has 140 valence electrons. The Kier molecular flexibility index (Phi) is 6.01. The van der Waals surface area contributed by atoms with E-state index in [1.807, 2.05) is 68.8 Å². The Morgan fingerprint density at radius 2 is 1.78 bits per heavy atom. The number of nitrogens with one attached hydrogen (secondary N) is 1. The van der Waals surface area contributed by atoms with Gasteiger partial charge in [0.05, 0.1) is 11.4 Å². The summed E-state index contributed by atoms with van der Waals surface area (Å²) in [6, 6.07) is 12.1. The molecule has 0 spiro atoms. The van der Waals surface area contributed by atoms with E-state index in [0.717, 1.165) is 27.1 Å². The minimum Gasteiger partial charge on any atom is -0.324 e. The summed E-state index contributed by atoms with van der Waals surface area (Å²) in [6.07, 6.45) is 0. The van der Waals surface area contributed by atoms with Gasteiger partial charge in [-0.3, -0.25) is 4.79 Å². The molecule has 2 aromatic carbocycles. The molecule has 1 amide bonds. The third kappa shape index (κ3) is 4.59. The number of halogens is 1. The van der Waals surface area contributed by atoms with Gasteiger partial charge < -0.3 is 9.88 Å². The molecule has 0 bridgehead atoms. The Balaban J connectivity index is 1.66. The first kappa shape index (κ1) is 19.6. The molecule has 0 fully saturated rings. The minimum atomic E-state index is -0.0798. The van der Waals surface area contributed by atoms with Gasteiger partial charge in [-0.1, -0.05) is 41.6 Å². The summed E-state index contributed by atoms with van der Waals surface area (Å²) in [5.41, 5.74) is 5.30. The topological polar surface area (TPSA) is 59.8 Å². The van der Waals surface area contributed by atoms with Crippen molar-refractivity contribution in [1.29, 1.82) is 0 Å². The maximum Gasteiger partial charge on any atom is 0.234 e. The fourth-order valence-corrected chi connectivity index (χ4v) is 3.86. The molecule has 3 rings (SSSR count). The number of aryl methyl sites for hydroxylation is 3. The molecule has 0 radical (unpaired) electrons. The number of anilines is 1. The standard InChI is InChI=1S/C20H21BrN4OS/c1-12-5-7-15(8-6-12)19-23-24-20(25(19)4)27-11-18(26)22-17-10-14(3)13(2)9-16(17)21/h5-10H,11H2,1-4H3,(H,22,26). The van der Waals surface area contributed by atoms with Crippen LogP contribution >= 0.6 is 27.7 Å². The highest BCUT2D eigenvalue weighted by Crippen LogP contribution is 2.27. The molecule has 1 heterocycles. The van der Waals surface area contributed by atoms with Gasteiger partial charge in [0.15, 0.2) is 11.0 Å². The Labute approximate surface area is 171 Å². The number of hydrogen-bond donors (Lipinski definition) is 1. The van der Waals surface area contributed by atoms with Crippen molar-refractivity contribution in [2.45, 2.75) is 25.9 Å². The zero-order valence-corrected chi connectivity index (χ0v) is 18.1. The van der Waals surface area contributed by atoms with E-state index in [1.165, 1.54) is 22.9 Å². The van der Waals surface area contributed by atoms with Crippen LogP contribution in [0.1, 0.15) is 16.7 Å². The van der Waals surface area contributed by atoms with Gasteiger partial charge in [-0.05, 0) is 60.0 Å². The first-order valence-corrected chi connectivity index (χ1v) is 10.3. The average Bonchev–Trinajstić information content (AvgIpc) is 2.99. The SMILES string of the molecule is Cc1ccc(-c2nnc(SCC(=O)Nc3cc(C)c(C)cc3Br)n2C)cc1. The van der Waals surface area contributed by atoms with Crippen molar-refractivity contribution in [2.24, 2.45) is 7.05 Å². The van der Waals surface area contributed by atoms with E-state index in [9.17, 15) is 4.79 Å². The van der Waals surface area contributed by atoms with Gasteiger partial charge in [0.1, 0.15) is 0 Å². The van der Waals surface area contributed by atoms with Crippen LogP contribution in [0.25, 0.3) is 11.4 Å². The van der Waals surface area contributed by atoms with Gasteiger partial charge in [0, 0.05) is 17.1 Å². The van der Waals surface area contributed by atoms with Crippen molar-refractivity contribution in [1.82, 2.24) is 14.8 Å². The quantitative estimate of drug-likeness (QED) is 0.568. The average molecular weight is 445 g/mol. The van der Waals surface area contributed by atoms with E-state index in [2.05, 4.69) is 31.4 Å². The largest absolute Gasteiger partial charge is 0.324 e. The Morgan fingerprint density at radius 3 is 2.48 bits per heavy atom. The van der Waals surface area contributed by atoms with Crippen LogP contribution in [-0.4, -0.2) is 26.4 Å². The highest BCUT2D eigenvalue weighted by Gasteiger charge is 2.14. The summed E-state index contributed by atoms with van der Waals surface area (Å²) in [5, 5.41) is 12.1. The van der Waals surface area contributed by atoms with Gasteiger partial charge >= 0.3 is 0 Å². The molecule has 0 aliphatic rings. The number of carbonyl (C=O) groups is 1. The monoisotopic (exact) mass is 444 g/mol. The number of amides is 1. The van der Waals surface area contributed by atoms with Crippen molar-refractivity contribution < 1.29 is 4.79 Å². The predicted molar refractivity (Wildman–Crippen MR) is 114 cm³/mol. The van der Waals surface area contributed by atoms with Crippen molar-refractivity contribution in [3.63, 3.8) is 0 Å². The molecule has 0 aliphatic carbocycles. The number of thioether (sulfide) groups is 1. The third-order valence-corrected chi connectivity index (χ3v) is 6.01. The summed E-state index contributed by atoms with van der Waals surface area (Å²) in [4.78, 5) is 12.3. The summed E-state index contributed by atoms with van der Waals surface area (Å²) >= 11 is 4.87. The zero-order valence-electron chi connectivity index (χ0n) is 15.7. The smallest absolute Gasteiger partial charge is 0.234 e. The van der Waals surface area contributed by atoms with Crippen molar-refractivity contribution in [3.8, 4) is 11.4 Å². The van der Waals surface area contributed by atoms with Crippen LogP contribution in [0.3, 0.4) is 0 Å². The normalized spacial score (nSPS) is 10.9. The lowest BCUT2D eigenvalue weighted by molar-refractivity contribution is -0.113. The number of nitrogens with zero attached hydrogens (tertiary/aromatic N) is 3. The summed E-state index contributed by atoms with van der Waals surface area (Å²) in [5.74, 6) is 0.970. The van der Waals surface area contributed by atoms with E-state index in [1.54, 1.807) is 0 Å². The maximum atomic E-state index is 12.3. The first-order valence-electron chi connectivity index (χ1n) is 8.51. The van der Waals surface area contributed by atoms with Crippen LogP contribution in [0.15, 0.2) is 46.0 Å². The Hall–Kier alpha value is -2.12. The van der Waals surface area contributed by atoms with Crippen LogP contribution in [0.4, 0.5) is 5.69 Å². The van der Waals surface area contributed by atoms with E-state index in [0.29, 0.717) is 5.16 Å². The first-order chi connectivity index (χ1) is 12.8. The number of aromatic nitrogens is 3. The molecule has 0 saturated carbocycles. The van der Waals surface area contributed by atoms with Gasteiger partial charge in [-0.2, -0.15) is 0 Å². The number of carbonyl (C=O) groups excluding carboxylic acids is 1. The van der Waals surface area contributed by atoms with E-state index >= 15 is 0 Å². The van der Waals surface area contributed by atoms with E-state index in [4.69, 9.17) is 0 Å². The van der Waals surface area contributed by atoms with Gasteiger partial charge in [-0.15, -0.1) is 10.2 Å². The molecule has 0 aliphatic heterocycles. The van der Waals surface area contributed by atoms with E-state index < -0.39 is 0 Å². The van der Waals surface area contributed by atoms with Crippen LogP contribution in [-0.2, 0) is 11.8 Å². The summed E-state index contributed by atoms with van der Waals surface area (Å²) in [6.45, 7) is 6.12. The molecular formula is C20H21BrN4OS. The highest BCUT2D eigenvalue weighted by molar-refractivity contribution is 9.10. The second kappa shape index (κ2) is 8.27. The lowest BCUT2D eigenvalue weighted by Gasteiger charge is -2.10. The molecular weight excluding hydrogens is 424 g/mol. The highest BCUT2D eigenvalue weighted by atomic mass is 79.9. The predicted octanol–water partition coefficient (Wildman–Crippen LogP) is 4.90. The van der Waals surface area contributed by atoms with Crippen LogP contribution in [0.2, 0.25) is 0 Å². The van der Waals surface area contributed by atoms with Crippen LogP contribution in [0.5, 0.6) is 0 Å². The van der Waals surface area contributed by atoms with Crippen molar-refractivity contribution in [2.75, 3.05) is 11.1 Å². The van der Waals surface area contributed by atoms with Crippen molar-refractivity contribution >= 4 is 39.3 Å². The number of hydrogen-bond acceptors (Lipinski definition) is 4. The molecule has 0 unspecified atom stereocenters. The Bertz CT molecular complexity index is 982. The van der Waals surface area contributed by atoms with Gasteiger partial charge in [-0.25, -0.2) is 0 Å². The van der Waals surface area contributed by atoms with E-state index in [-0.39, 0.29) is 11.7 Å². The zero-order chi connectivity index (χ0) is 19.6. The van der Waals surface area contributed by atoms with Gasteiger partial charge in [0.2, 0.25) is 5.91 Å². The molecule has 1 aromatic heterocycles. The van der Waals surface area contributed by atoms with Gasteiger partial charge in [0.25, 0.3) is 0 Å². The maximum absolute atomic E-state index is 12.3.